The predicted octanol–water partition coefficient (Wildman–Crippen LogP) is 2.49. The second-order valence-electron chi connectivity index (χ2n) is 6.61. The number of rotatable bonds is 6. The number of anilines is 1. The van der Waals surface area contributed by atoms with Crippen LogP contribution >= 0.6 is 11.3 Å². The fraction of sp³-hybridized carbons (Fsp3) is 0.250. The second-order valence-corrected chi connectivity index (χ2v) is 9.53. The van der Waals surface area contributed by atoms with Gasteiger partial charge in [0.15, 0.2) is 0 Å². The number of aromatic nitrogens is 2. The smallest absolute Gasteiger partial charge is 0.261 e. The molecule has 9 nitrogen and oxygen atoms in total. The summed E-state index contributed by atoms with van der Waals surface area (Å²) in [4.78, 5) is 12.9. The lowest BCUT2D eigenvalue weighted by atomic mass is 10.2. The molecule has 2 aromatic carbocycles. The normalized spacial score (nSPS) is 14.9. The van der Waals surface area contributed by atoms with Gasteiger partial charge in [0.05, 0.1) is 30.8 Å². The van der Waals surface area contributed by atoms with Gasteiger partial charge >= 0.3 is 0 Å². The molecular weight excluding hydrogens is 440 g/mol. The van der Waals surface area contributed by atoms with Gasteiger partial charge in [0.2, 0.25) is 15.2 Å². The van der Waals surface area contributed by atoms with Crippen molar-refractivity contribution < 1.29 is 22.7 Å². The molecule has 1 aromatic heterocycles. The van der Waals surface area contributed by atoms with Crippen molar-refractivity contribution in [3.63, 3.8) is 0 Å². The van der Waals surface area contributed by atoms with Gasteiger partial charge in [0, 0.05) is 18.7 Å². The van der Waals surface area contributed by atoms with Gasteiger partial charge in [-0.1, -0.05) is 41.7 Å². The summed E-state index contributed by atoms with van der Waals surface area (Å²) in [6.07, 6.45) is 0. The lowest BCUT2D eigenvalue weighted by Gasteiger charge is -2.26. The Kier molecular flexibility index (Phi) is 6.28. The average molecular weight is 461 g/mol. The molecule has 1 saturated heterocycles. The zero-order valence-electron chi connectivity index (χ0n) is 16.6. The minimum Gasteiger partial charge on any atom is -0.496 e. The number of carbonyl (C=O) groups excluding carboxylic acids is 1. The molecule has 2 heterocycles. The van der Waals surface area contributed by atoms with Gasteiger partial charge < -0.3 is 9.47 Å². The van der Waals surface area contributed by atoms with Crippen LogP contribution in [0.1, 0.15) is 10.4 Å². The SMILES string of the molecule is COc1ccc(S(=O)(=O)N2CCOCC2)cc1C(=O)Nc1nnc(-c2ccccc2)s1. The topological polar surface area (TPSA) is 111 Å². The van der Waals surface area contributed by atoms with E-state index in [1.165, 1.54) is 41.0 Å². The van der Waals surface area contributed by atoms with Gasteiger partial charge in [0.25, 0.3) is 5.91 Å². The molecule has 3 aromatic rings. The molecule has 0 saturated carbocycles. The monoisotopic (exact) mass is 460 g/mol. The number of carbonyl (C=O) groups is 1. The van der Waals surface area contributed by atoms with Crippen molar-refractivity contribution in [2.45, 2.75) is 4.90 Å². The standard InChI is InChI=1S/C20H20N4O5S2/c1-28-17-8-7-15(31(26,27)24-9-11-29-12-10-24)13-16(17)18(25)21-20-23-22-19(30-20)14-5-3-2-4-6-14/h2-8,13H,9-12H2,1H3,(H,21,23,25). The molecular formula is C20H20N4O5S2. The number of nitrogens with one attached hydrogen (secondary N) is 1. The van der Waals surface area contributed by atoms with E-state index in [1.54, 1.807) is 0 Å². The predicted molar refractivity (Wildman–Crippen MR) is 116 cm³/mol. The summed E-state index contributed by atoms with van der Waals surface area (Å²) in [5, 5.41) is 11.8. The van der Waals surface area contributed by atoms with Crippen molar-refractivity contribution in [1.82, 2.24) is 14.5 Å². The van der Waals surface area contributed by atoms with Gasteiger partial charge in [-0.3, -0.25) is 10.1 Å². The van der Waals surface area contributed by atoms with E-state index in [0.29, 0.717) is 23.4 Å². The van der Waals surface area contributed by atoms with Gasteiger partial charge in [-0.2, -0.15) is 4.31 Å². The Labute approximate surface area is 183 Å². The van der Waals surface area contributed by atoms with E-state index in [9.17, 15) is 13.2 Å². The molecule has 1 N–H and O–H groups in total. The van der Waals surface area contributed by atoms with Gasteiger partial charge in [-0.25, -0.2) is 8.42 Å². The molecule has 1 amide bonds. The number of hydrogen-bond donors (Lipinski definition) is 1. The van der Waals surface area contributed by atoms with Crippen molar-refractivity contribution in [2.24, 2.45) is 0 Å². The van der Waals surface area contributed by atoms with Gasteiger partial charge in [0.1, 0.15) is 10.8 Å². The summed E-state index contributed by atoms with van der Waals surface area (Å²) in [6.45, 7) is 1.21. The summed E-state index contributed by atoms with van der Waals surface area (Å²) < 4.78 is 37.8. The Hall–Kier alpha value is -2.86. The van der Waals surface area contributed by atoms with Gasteiger partial charge in [-0.05, 0) is 18.2 Å². The summed E-state index contributed by atoms with van der Waals surface area (Å²) in [5.74, 6) is -0.280. The second kappa shape index (κ2) is 9.10. The van der Waals surface area contributed by atoms with Crippen LogP contribution in [-0.2, 0) is 14.8 Å². The first-order valence-electron chi connectivity index (χ1n) is 9.45. The van der Waals surface area contributed by atoms with Crippen molar-refractivity contribution in [3.8, 4) is 16.3 Å². The molecule has 4 rings (SSSR count). The first-order chi connectivity index (χ1) is 15.0. The third kappa shape index (κ3) is 4.59. The zero-order valence-corrected chi connectivity index (χ0v) is 18.3. The van der Waals surface area contributed by atoms with E-state index in [4.69, 9.17) is 9.47 Å². The maximum absolute atomic E-state index is 13.0. The highest BCUT2D eigenvalue weighted by atomic mass is 32.2. The first-order valence-corrected chi connectivity index (χ1v) is 11.7. The highest BCUT2D eigenvalue weighted by Gasteiger charge is 2.28. The molecule has 1 aliphatic rings. The van der Waals surface area contributed by atoms with E-state index < -0.39 is 15.9 Å². The Bertz CT molecular complexity index is 1180. The molecule has 162 valence electrons. The van der Waals surface area contributed by atoms with Crippen LogP contribution in [0.15, 0.2) is 53.4 Å². The van der Waals surface area contributed by atoms with Crippen molar-refractivity contribution in [2.75, 3.05) is 38.7 Å². The highest BCUT2D eigenvalue weighted by Crippen LogP contribution is 2.29. The fourth-order valence-electron chi connectivity index (χ4n) is 3.10. The average Bonchev–Trinajstić information content (AvgIpc) is 3.28. The van der Waals surface area contributed by atoms with E-state index in [2.05, 4.69) is 15.5 Å². The molecule has 1 fully saturated rings. The number of amides is 1. The third-order valence-electron chi connectivity index (χ3n) is 4.69. The largest absolute Gasteiger partial charge is 0.496 e. The van der Waals surface area contributed by atoms with Crippen LogP contribution in [0.2, 0.25) is 0 Å². The molecule has 31 heavy (non-hydrogen) atoms. The molecule has 11 heteroatoms. The van der Waals surface area contributed by atoms with Crippen LogP contribution in [0.4, 0.5) is 5.13 Å². The fourth-order valence-corrected chi connectivity index (χ4v) is 5.28. The molecule has 0 bridgehead atoms. The Morgan fingerprint density at radius 3 is 2.58 bits per heavy atom. The Balaban J connectivity index is 1.59. The quantitative estimate of drug-likeness (QED) is 0.602. The summed E-state index contributed by atoms with van der Waals surface area (Å²) in [6, 6.07) is 13.7. The van der Waals surface area contributed by atoms with Crippen LogP contribution in [0.25, 0.3) is 10.6 Å². The summed E-state index contributed by atoms with van der Waals surface area (Å²) >= 11 is 1.22. The molecule has 0 unspecified atom stereocenters. The van der Waals surface area contributed by atoms with Crippen LogP contribution < -0.4 is 10.1 Å². The maximum atomic E-state index is 13.0. The molecule has 0 atom stereocenters. The van der Waals surface area contributed by atoms with E-state index in [1.807, 2.05) is 30.3 Å². The van der Waals surface area contributed by atoms with Crippen LogP contribution in [0, 0.1) is 0 Å². The highest BCUT2D eigenvalue weighted by molar-refractivity contribution is 7.89. The number of morpholine rings is 1. The summed E-state index contributed by atoms with van der Waals surface area (Å²) in [5.41, 5.74) is 0.977. The number of ether oxygens (including phenoxy) is 2. The van der Waals surface area contributed by atoms with Crippen LogP contribution in [0.3, 0.4) is 0 Å². The lowest BCUT2D eigenvalue weighted by molar-refractivity contribution is 0.0730. The number of nitrogens with zero attached hydrogens (tertiary/aromatic N) is 3. The maximum Gasteiger partial charge on any atom is 0.261 e. The molecule has 0 radical (unpaired) electrons. The number of methoxy groups -OCH3 is 1. The van der Waals surface area contributed by atoms with Crippen molar-refractivity contribution in [3.05, 3.63) is 54.1 Å². The Morgan fingerprint density at radius 2 is 1.87 bits per heavy atom. The first kappa shape index (κ1) is 21.4. The molecule has 1 aliphatic heterocycles. The Morgan fingerprint density at radius 1 is 1.13 bits per heavy atom. The minimum atomic E-state index is -3.76. The third-order valence-corrected chi connectivity index (χ3v) is 7.47. The minimum absolute atomic E-state index is 0.0163. The summed E-state index contributed by atoms with van der Waals surface area (Å²) in [7, 11) is -2.34. The number of benzene rings is 2. The lowest BCUT2D eigenvalue weighted by Crippen LogP contribution is -2.40. The van der Waals surface area contributed by atoms with Crippen LogP contribution in [0.5, 0.6) is 5.75 Å². The van der Waals surface area contributed by atoms with Crippen LogP contribution in [-0.4, -0.2) is 62.2 Å². The molecule has 0 aliphatic carbocycles. The number of hydrogen-bond acceptors (Lipinski definition) is 8. The van der Waals surface area contributed by atoms with E-state index >= 15 is 0 Å². The van der Waals surface area contributed by atoms with Crippen molar-refractivity contribution >= 4 is 32.4 Å². The molecule has 0 spiro atoms. The van der Waals surface area contributed by atoms with Crippen molar-refractivity contribution in [1.29, 1.82) is 0 Å². The number of sulfonamides is 1. The van der Waals surface area contributed by atoms with E-state index in [0.717, 1.165) is 5.56 Å². The zero-order chi connectivity index (χ0) is 21.8. The van der Waals surface area contributed by atoms with E-state index in [-0.39, 0.29) is 29.3 Å². The van der Waals surface area contributed by atoms with Gasteiger partial charge in [-0.15, -0.1) is 10.2 Å².